The molecule has 1 heterocycles. The van der Waals surface area contributed by atoms with E-state index < -0.39 is 5.97 Å². The van der Waals surface area contributed by atoms with Crippen LogP contribution in [0.1, 0.15) is 58.3 Å². The third-order valence-electron chi connectivity index (χ3n) is 4.47. The van der Waals surface area contributed by atoms with E-state index in [0.29, 0.717) is 32.0 Å². The maximum Gasteiger partial charge on any atom is 0.303 e. The average molecular weight is 298 g/mol. The van der Waals surface area contributed by atoms with Crippen molar-refractivity contribution in [2.75, 3.05) is 19.6 Å². The van der Waals surface area contributed by atoms with E-state index in [9.17, 15) is 9.59 Å². The van der Waals surface area contributed by atoms with Crippen LogP contribution < -0.4 is 5.73 Å². The van der Waals surface area contributed by atoms with Gasteiger partial charge < -0.3 is 15.7 Å². The number of nitrogens with zero attached hydrogens (tertiary/aromatic N) is 1. The number of piperidine rings is 1. The highest BCUT2D eigenvalue weighted by Crippen LogP contribution is 2.22. The van der Waals surface area contributed by atoms with Crippen LogP contribution in [0.2, 0.25) is 0 Å². The maximum atomic E-state index is 12.2. The summed E-state index contributed by atoms with van der Waals surface area (Å²) < 4.78 is 0. The molecule has 0 spiro atoms. The summed E-state index contributed by atoms with van der Waals surface area (Å²) in [7, 11) is 0. The Labute approximate surface area is 127 Å². The van der Waals surface area contributed by atoms with Crippen molar-refractivity contribution in [3.8, 4) is 0 Å². The fourth-order valence-corrected chi connectivity index (χ4v) is 3.20. The van der Waals surface area contributed by atoms with Crippen LogP contribution >= 0.6 is 0 Å². The summed E-state index contributed by atoms with van der Waals surface area (Å²) in [5.41, 5.74) is 5.62. The minimum Gasteiger partial charge on any atom is -0.481 e. The number of hydrogen-bond donors (Lipinski definition) is 2. The second-order valence-corrected chi connectivity index (χ2v) is 6.19. The van der Waals surface area contributed by atoms with Gasteiger partial charge in [0.05, 0.1) is 0 Å². The van der Waals surface area contributed by atoms with E-state index in [0.717, 1.165) is 38.5 Å². The number of rotatable bonds is 9. The van der Waals surface area contributed by atoms with Crippen LogP contribution in [0.5, 0.6) is 0 Å². The Bertz CT molecular complexity index is 319. The number of hydrogen-bond acceptors (Lipinski definition) is 3. The molecule has 21 heavy (non-hydrogen) atoms. The topological polar surface area (TPSA) is 83.6 Å². The highest BCUT2D eigenvalue weighted by molar-refractivity contribution is 5.76. The SMILES string of the molecule is CCCC(CCN)CCC(=O)N1CCC(CC(=O)O)CC1. The molecule has 1 fully saturated rings. The van der Waals surface area contributed by atoms with Crippen molar-refractivity contribution in [1.82, 2.24) is 4.90 Å². The van der Waals surface area contributed by atoms with Crippen molar-refractivity contribution >= 4 is 11.9 Å². The molecule has 0 aromatic rings. The first kappa shape index (κ1) is 18.0. The summed E-state index contributed by atoms with van der Waals surface area (Å²) in [4.78, 5) is 24.8. The first-order chi connectivity index (χ1) is 10.1. The molecule has 1 rings (SSSR count). The largest absolute Gasteiger partial charge is 0.481 e. The quantitative estimate of drug-likeness (QED) is 0.684. The standard InChI is InChI=1S/C16H30N2O3/c1-2-3-13(6-9-17)4-5-15(19)18-10-7-14(8-11-18)12-16(20)21/h13-14H,2-12,17H2,1H3,(H,20,21). The molecule has 5 nitrogen and oxygen atoms in total. The Morgan fingerprint density at radius 2 is 1.90 bits per heavy atom. The van der Waals surface area contributed by atoms with Gasteiger partial charge >= 0.3 is 5.97 Å². The average Bonchev–Trinajstić information content (AvgIpc) is 2.45. The van der Waals surface area contributed by atoms with Crippen molar-refractivity contribution in [3.05, 3.63) is 0 Å². The van der Waals surface area contributed by atoms with Gasteiger partial charge in [-0.25, -0.2) is 0 Å². The van der Waals surface area contributed by atoms with E-state index in [4.69, 9.17) is 10.8 Å². The predicted molar refractivity (Wildman–Crippen MR) is 82.9 cm³/mol. The highest BCUT2D eigenvalue weighted by Gasteiger charge is 2.24. The molecule has 3 N–H and O–H groups in total. The van der Waals surface area contributed by atoms with E-state index in [1.807, 2.05) is 4.90 Å². The van der Waals surface area contributed by atoms with Crippen molar-refractivity contribution in [2.24, 2.45) is 17.6 Å². The zero-order chi connectivity index (χ0) is 15.7. The lowest BCUT2D eigenvalue weighted by atomic mass is 9.92. The monoisotopic (exact) mass is 298 g/mol. The second kappa shape index (κ2) is 9.77. The number of carboxylic acids is 1. The number of amides is 1. The van der Waals surface area contributed by atoms with E-state index in [1.165, 1.54) is 0 Å². The first-order valence-electron chi connectivity index (χ1n) is 8.26. The first-order valence-corrected chi connectivity index (χ1v) is 8.26. The normalized spacial score (nSPS) is 17.7. The minimum atomic E-state index is -0.732. The van der Waals surface area contributed by atoms with Crippen LogP contribution in [0.3, 0.4) is 0 Å². The summed E-state index contributed by atoms with van der Waals surface area (Å²) in [6.45, 7) is 4.29. The van der Waals surface area contributed by atoms with Gasteiger partial charge in [-0.3, -0.25) is 9.59 Å². The number of likely N-dealkylation sites (tertiary alicyclic amines) is 1. The molecule has 0 aliphatic carbocycles. The van der Waals surface area contributed by atoms with Crippen LogP contribution in [0.4, 0.5) is 0 Å². The number of aliphatic carboxylic acids is 1. The second-order valence-electron chi connectivity index (χ2n) is 6.19. The number of nitrogens with two attached hydrogens (primary N) is 1. The van der Waals surface area contributed by atoms with Crippen molar-refractivity contribution in [3.63, 3.8) is 0 Å². The van der Waals surface area contributed by atoms with Gasteiger partial charge in [-0.1, -0.05) is 19.8 Å². The Morgan fingerprint density at radius 1 is 1.24 bits per heavy atom. The predicted octanol–water partition coefficient (Wildman–Crippen LogP) is 2.24. The van der Waals surface area contributed by atoms with E-state index in [2.05, 4.69) is 6.92 Å². The van der Waals surface area contributed by atoms with Gasteiger partial charge in [-0.05, 0) is 44.1 Å². The molecular formula is C16H30N2O3. The molecular weight excluding hydrogens is 268 g/mol. The summed E-state index contributed by atoms with van der Waals surface area (Å²) in [6, 6.07) is 0. The van der Waals surface area contributed by atoms with Gasteiger partial charge in [-0.2, -0.15) is 0 Å². The van der Waals surface area contributed by atoms with Crippen LogP contribution in [0.15, 0.2) is 0 Å². The zero-order valence-corrected chi connectivity index (χ0v) is 13.2. The smallest absolute Gasteiger partial charge is 0.303 e. The fraction of sp³-hybridized carbons (Fsp3) is 0.875. The van der Waals surface area contributed by atoms with Gasteiger partial charge in [0.15, 0.2) is 0 Å². The van der Waals surface area contributed by atoms with E-state index in [-0.39, 0.29) is 18.2 Å². The lowest BCUT2D eigenvalue weighted by molar-refractivity contribution is -0.138. The van der Waals surface area contributed by atoms with Crippen molar-refractivity contribution in [2.45, 2.75) is 58.3 Å². The zero-order valence-electron chi connectivity index (χ0n) is 13.2. The molecule has 0 bridgehead atoms. The van der Waals surface area contributed by atoms with Crippen LogP contribution in [-0.4, -0.2) is 41.5 Å². The van der Waals surface area contributed by atoms with Gasteiger partial charge in [0.2, 0.25) is 5.91 Å². The molecule has 1 saturated heterocycles. The Hall–Kier alpha value is -1.10. The molecule has 1 unspecified atom stereocenters. The van der Waals surface area contributed by atoms with Gasteiger partial charge in [0, 0.05) is 25.9 Å². The van der Waals surface area contributed by atoms with Gasteiger partial charge in [0.25, 0.3) is 0 Å². The van der Waals surface area contributed by atoms with Crippen LogP contribution in [-0.2, 0) is 9.59 Å². The summed E-state index contributed by atoms with van der Waals surface area (Å²) >= 11 is 0. The minimum absolute atomic E-state index is 0.224. The molecule has 5 heteroatoms. The van der Waals surface area contributed by atoms with Crippen LogP contribution in [0, 0.1) is 11.8 Å². The highest BCUT2D eigenvalue weighted by atomic mass is 16.4. The molecule has 0 aromatic heterocycles. The Kier molecular flexibility index (Phi) is 8.35. The van der Waals surface area contributed by atoms with Crippen molar-refractivity contribution < 1.29 is 14.7 Å². The van der Waals surface area contributed by atoms with E-state index in [1.54, 1.807) is 0 Å². The Morgan fingerprint density at radius 3 is 2.43 bits per heavy atom. The molecule has 122 valence electrons. The third kappa shape index (κ3) is 6.93. The molecule has 1 aliphatic rings. The number of carboxylic acid groups (broad SMARTS) is 1. The number of carbonyl (C=O) groups is 2. The maximum absolute atomic E-state index is 12.2. The molecule has 1 atom stereocenters. The van der Waals surface area contributed by atoms with Gasteiger partial charge in [0.1, 0.15) is 0 Å². The molecule has 1 amide bonds. The summed E-state index contributed by atoms with van der Waals surface area (Å²) in [5.74, 6) is 0.288. The summed E-state index contributed by atoms with van der Waals surface area (Å²) in [6.07, 6.45) is 6.69. The molecule has 0 radical (unpaired) electrons. The fourth-order valence-electron chi connectivity index (χ4n) is 3.20. The molecule has 0 aromatic carbocycles. The molecule has 0 saturated carbocycles. The van der Waals surface area contributed by atoms with E-state index >= 15 is 0 Å². The third-order valence-corrected chi connectivity index (χ3v) is 4.47. The lowest BCUT2D eigenvalue weighted by Crippen LogP contribution is -2.39. The lowest BCUT2D eigenvalue weighted by Gasteiger charge is -2.31. The Balaban J connectivity index is 2.28. The summed E-state index contributed by atoms with van der Waals surface area (Å²) in [5, 5.41) is 8.80. The van der Waals surface area contributed by atoms with Gasteiger partial charge in [-0.15, -0.1) is 0 Å². The number of carbonyl (C=O) groups excluding carboxylic acids is 1. The van der Waals surface area contributed by atoms with Crippen molar-refractivity contribution in [1.29, 1.82) is 0 Å². The molecule has 1 aliphatic heterocycles. The van der Waals surface area contributed by atoms with Crippen LogP contribution in [0.25, 0.3) is 0 Å².